The number of carbonyl (C=O) groups is 1. The molecule has 2 N–H and O–H groups in total. The van der Waals surface area contributed by atoms with Gasteiger partial charge >= 0.3 is 6.36 Å². The van der Waals surface area contributed by atoms with Crippen molar-refractivity contribution in [3.8, 4) is 11.5 Å². The van der Waals surface area contributed by atoms with Crippen molar-refractivity contribution >= 4 is 40.0 Å². The fraction of sp³-hybridized carbons (Fsp3) is 0.286. The molecular formula is C21H19ClF3N5O3. The number of carbonyl (C=O) groups excluding carboxylic acids is 1. The van der Waals surface area contributed by atoms with Gasteiger partial charge in [0.05, 0.1) is 10.5 Å². The lowest BCUT2D eigenvalue weighted by molar-refractivity contribution is -0.274. The van der Waals surface area contributed by atoms with Gasteiger partial charge in [0, 0.05) is 49.5 Å². The maximum atomic E-state index is 12.3. The van der Waals surface area contributed by atoms with Crippen LogP contribution in [0.15, 0.2) is 42.6 Å². The van der Waals surface area contributed by atoms with Crippen LogP contribution in [0.4, 0.5) is 24.8 Å². The summed E-state index contributed by atoms with van der Waals surface area (Å²) in [6.45, 7) is 3.04. The fourth-order valence-electron chi connectivity index (χ4n) is 3.25. The molecule has 3 aromatic rings. The van der Waals surface area contributed by atoms with E-state index in [1.807, 2.05) is 0 Å². The molecule has 12 heteroatoms. The predicted molar refractivity (Wildman–Crippen MR) is 117 cm³/mol. The van der Waals surface area contributed by atoms with E-state index >= 15 is 0 Å². The van der Waals surface area contributed by atoms with Gasteiger partial charge in [-0.25, -0.2) is 9.97 Å². The summed E-state index contributed by atoms with van der Waals surface area (Å²) in [5, 5.41) is 6.61. The van der Waals surface area contributed by atoms with Gasteiger partial charge in [0.25, 0.3) is 5.91 Å². The van der Waals surface area contributed by atoms with Crippen LogP contribution in [0.2, 0.25) is 5.02 Å². The zero-order valence-corrected chi connectivity index (χ0v) is 17.9. The number of rotatable bonds is 6. The van der Waals surface area contributed by atoms with Crippen LogP contribution >= 0.6 is 11.6 Å². The summed E-state index contributed by atoms with van der Waals surface area (Å²) in [5.74, 6) is -0.242. The second-order valence-electron chi connectivity index (χ2n) is 7.16. The van der Waals surface area contributed by atoms with Crippen molar-refractivity contribution in [2.24, 2.45) is 0 Å². The second kappa shape index (κ2) is 9.67. The van der Waals surface area contributed by atoms with E-state index in [1.165, 1.54) is 6.07 Å². The van der Waals surface area contributed by atoms with Crippen LogP contribution in [0.5, 0.6) is 11.5 Å². The molecule has 0 atom stereocenters. The topological polar surface area (TPSA) is 88.6 Å². The average molecular weight is 482 g/mol. The molecule has 174 valence electrons. The number of anilines is 2. The molecular weight excluding hydrogens is 463 g/mol. The minimum Gasteiger partial charge on any atom is -0.482 e. The zero-order valence-electron chi connectivity index (χ0n) is 17.2. The molecule has 1 amide bonds. The van der Waals surface area contributed by atoms with E-state index in [4.69, 9.17) is 16.3 Å². The number of halogens is 4. The Balaban J connectivity index is 1.35. The summed E-state index contributed by atoms with van der Waals surface area (Å²) in [6.07, 6.45) is -3.13. The van der Waals surface area contributed by atoms with E-state index < -0.39 is 24.6 Å². The quantitative estimate of drug-likeness (QED) is 0.556. The van der Waals surface area contributed by atoms with Gasteiger partial charge in [-0.05, 0) is 30.3 Å². The largest absolute Gasteiger partial charge is 0.573 e. The van der Waals surface area contributed by atoms with Crippen molar-refractivity contribution in [2.45, 2.75) is 6.36 Å². The molecule has 1 aromatic heterocycles. The van der Waals surface area contributed by atoms with Crippen molar-refractivity contribution in [1.82, 2.24) is 15.3 Å². The van der Waals surface area contributed by atoms with Crippen molar-refractivity contribution in [1.29, 1.82) is 0 Å². The zero-order chi connectivity index (χ0) is 23.4. The van der Waals surface area contributed by atoms with Gasteiger partial charge in [-0.15, -0.1) is 13.2 Å². The number of alkyl halides is 3. The molecule has 0 radical (unpaired) electrons. The SMILES string of the molecule is O=C(COc1ccc(OC(F)(F)F)cc1Cl)Nc1ccc2nc(N3CCNCC3)ncc2c1. The third-order valence-corrected chi connectivity index (χ3v) is 5.04. The Kier molecular flexibility index (Phi) is 6.70. The van der Waals surface area contributed by atoms with Crippen molar-refractivity contribution in [3.63, 3.8) is 0 Å². The summed E-state index contributed by atoms with van der Waals surface area (Å²) in [7, 11) is 0. The number of hydrogen-bond donors (Lipinski definition) is 2. The molecule has 33 heavy (non-hydrogen) atoms. The number of aromatic nitrogens is 2. The summed E-state index contributed by atoms with van der Waals surface area (Å²) in [4.78, 5) is 23.4. The summed E-state index contributed by atoms with van der Waals surface area (Å²) < 4.78 is 45.9. The van der Waals surface area contributed by atoms with Crippen molar-refractivity contribution < 1.29 is 27.4 Å². The highest BCUT2D eigenvalue weighted by molar-refractivity contribution is 6.32. The fourth-order valence-corrected chi connectivity index (χ4v) is 3.48. The van der Waals surface area contributed by atoms with Gasteiger partial charge in [-0.1, -0.05) is 11.6 Å². The molecule has 4 rings (SSSR count). The Labute approximate surface area is 191 Å². The van der Waals surface area contributed by atoms with Gasteiger partial charge in [-0.2, -0.15) is 0 Å². The summed E-state index contributed by atoms with van der Waals surface area (Å²) >= 11 is 5.91. The van der Waals surface area contributed by atoms with Crippen LogP contribution in [-0.4, -0.2) is 55.0 Å². The lowest BCUT2D eigenvalue weighted by Crippen LogP contribution is -2.44. The molecule has 1 aliphatic rings. The Morgan fingerprint density at radius 2 is 1.97 bits per heavy atom. The molecule has 1 saturated heterocycles. The Hall–Kier alpha value is -3.31. The number of nitrogens with zero attached hydrogens (tertiary/aromatic N) is 3. The van der Waals surface area contributed by atoms with E-state index in [1.54, 1.807) is 24.4 Å². The smallest absolute Gasteiger partial charge is 0.482 e. The summed E-state index contributed by atoms with van der Waals surface area (Å²) in [5.41, 5.74) is 1.27. The maximum Gasteiger partial charge on any atom is 0.573 e. The first-order valence-electron chi connectivity index (χ1n) is 9.97. The van der Waals surface area contributed by atoms with Crippen LogP contribution in [-0.2, 0) is 4.79 Å². The van der Waals surface area contributed by atoms with E-state index in [0.29, 0.717) is 11.6 Å². The number of amides is 1. The van der Waals surface area contributed by atoms with Gasteiger partial charge in [0.2, 0.25) is 5.95 Å². The van der Waals surface area contributed by atoms with Gasteiger partial charge in [0.1, 0.15) is 11.5 Å². The minimum absolute atomic E-state index is 0.0497. The molecule has 0 saturated carbocycles. The van der Waals surface area contributed by atoms with Gasteiger partial charge < -0.3 is 25.0 Å². The molecule has 0 bridgehead atoms. The van der Waals surface area contributed by atoms with Crippen molar-refractivity contribution in [3.05, 3.63) is 47.6 Å². The number of hydrogen-bond acceptors (Lipinski definition) is 7. The van der Waals surface area contributed by atoms with Gasteiger partial charge in [0.15, 0.2) is 6.61 Å². The van der Waals surface area contributed by atoms with E-state index in [-0.39, 0.29) is 10.8 Å². The normalized spacial score (nSPS) is 14.2. The average Bonchev–Trinajstić information content (AvgIpc) is 2.78. The first-order valence-corrected chi connectivity index (χ1v) is 10.3. The third kappa shape index (κ3) is 6.14. The molecule has 1 aliphatic heterocycles. The highest BCUT2D eigenvalue weighted by Crippen LogP contribution is 2.31. The number of nitrogens with one attached hydrogen (secondary N) is 2. The molecule has 2 aromatic carbocycles. The molecule has 8 nitrogen and oxygen atoms in total. The Morgan fingerprint density at radius 3 is 2.70 bits per heavy atom. The van der Waals surface area contributed by atoms with Crippen LogP contribution in [0.3, 0.4) is 0 Å². The van der Waals surface area contributed by atoms with E-state index in [2.05, 4.69) is 30.2 Å². The minimum atomic E-state index is -4.83. The third-order valence-electron chi connectivity index (χ3n) is 4.75. The predicted octanol–water partition coefficient (Wildman–Crippen LogP) is 3.61. The number of piperazine rings is 1. The van der Waals surface area contributed by atoms with E-state index in [0.717, 1.165) is 49.2 Å². The Morgan fingerprint density at radius 1 is 1.18 bits per heavy atom. The first kappa shape index (κ1) is 22.9. The maximum absolute atomic E-state index is 12.3. The highest BCUT2D eigenvalue weighted by Gasteiger charge is 2.31. The molecule has 0 unspecified atom stereocenters. The lowest BCUT2D eigenvalue weighted by atomic mass is 10.2. The molecule has 0 spiro atoms. The molecule has 1 fully saturated rings. The van der Waals surface area contributed by atoms with E-state index in [9.17, 15) is 18.0 Å². The lowest BCUT2D eigenvalue weighted by Gasteiger charge is -2.27. The Bertz CT molecular complexity index is 1160. The standard InChI is InChI=1S/C21H19ClF3N5O3/c22-16-10-15(33-21(23,24)25)2-4-18(16)32-12-19(31)28-14-1-3-17-13(9-14)11-27-20(29-17)30-7-5-26-6-8-30/h1-4,9-11,26H,5-8,12H2,(H,28,31). The number of ether oxygens (including phenoxy) is 2. The molecule has 0 aliphatic carbocycles. The number of benzene rings is 2. The van der Waals surface area contributed by atoms with Crippen LogP contribution < -0.4 is 25.0 Å². The van der Waals surface area contributed by atoms with Crippen LogP contribution in [0, 0.1) is 0 Å². The summed E-state index contributed by atoms with van der Waals surface area (Å²) in [6, 6.07) is 8.44. The van der Waals surface area contributed by atoms with Gasteiger partial charge in [-0.3, -0.25) is 4.79 Å². The van der Waals surface area contributed by atoms with Crippen LogP contribution in [0.1, 0.15) is 0 Å². The van der Waals surface area contributed by atoms with Crippen LogP contribution in [0.25, 0.3) is 10.9 Å². The highest BCUT2D eigenvalue weighted by atomic mass is 35.5. The monoisotopic (exact) mass is 481 g/mol. The second-order valence-corrected chi connectivity index (χ2v) is 7.56. The molecule has 2 heterocycles. The first-order chi connectivity index (χ1) is 15.8. The van der Waals surface area contributed by atoms with Crippen molar-refractivity contribution in [2.75, 3.05) is 43.0 Å². The number of fused-ring (bicyclic) bond motifs is 1.